The second-order valence-corrected chi connectivity index (χ2v) is 10.2. The molecule has 5 heterocycles. The van der Waals surface area contributed by atoms with Gasteiger partial charge in [-0.15, -0.1) is 0 Å². The second-order valence-electron chi connectivity index (χ2n) is 10.2. The van der Waals surface area contributed by atoms with Crippen molar-refractivity contribution in [2.75, 3.05) is 23.3 Å². The van der Waals surface area contributed by atoms with Crippen LogP contribution in [-0.4, -0.2) is 61.1 Å². The van der Waals surface area contributed by atoms with E-state index in [0.717, 1.165) is 18.8 Å². The smallest absolute Gasteiger partial charge is 0.284 e. The van der Waals surface area contributed by atoms with Crippen molar-refractivity contribution < 1.29 is 9.21 Å². The van der Waals surface area contributed by atoms with Crippen molar-refractivity contribution in [2.45, 2.75) is 44.8 Å². The molecule has 3 aromatic heterocycles. The number of likely N-dealkylation sites (tertiary alicyclic amines) is 1. The minimum Gasteiger partial charge on any atom is -0.458 e. The molecule has 0 spiro atoms. The molecule has 0 saturated carbocycles. The fraction of sp³-hybridized carbons (Fsp3) is 0.360. The minimum absolute atomic E-state index is 0.0768. The van der Waals surface area contributed by atoms with Crippen molar-refractivity contribution in [1.29, 1.82) is 0 Å². The van der Waals surface area contributed by atoms with Gasteiger partial charge >= 0.3 is 0 Å². The standard InChI is InChI=1S/C25H28N8O2/c1-25(2,3)32-12-18-9-19(32)11-31(18)17-6-4-16(5-7-17)30-23-24-28-14-29-33(24)20(10-27-23)15-8-21(22(26)34)35-13-15/h4-8,10,13-14,18-19H,9,11-12H2,1-3H3,(H2,26,34)(H,27,30)/t18-,19-/m0/s1. The lowest BCUT2D eigenvalue weighted by Gasteiger charge is -2.42. The van der Waals surface area contributed by atoms with Crippen LogP contribution < -0.4 is 16.0 Å². The highest BCUT2D eigenvalue weighted by Gasteiger charge is 2.46. The molecule has 2 fully saturated rings. The third-order valence-corrected chi connectivity index (χ3v) is 7.01. The molecule has 0 radical (unpaired) electrons. The Labute approximate surface area is 202 Å². The summed E-state index contributed by atoms with van der Waals surface area (Å²) in [5, 5.41) is 7.68. The van der Waals surface area contributed by atoms with Gasteiger partial charge in [0.15, 0.2) is 17.2 Å². The quantitative estimate of drug-likeness (QED) is 0.454. The largest absolute Gasteiger partial charge is 0.458 e. The van der Waals surface area contributed by atoms with Crippen LogP contribution in [0.25, 0.3) is 16.9 Å². The first-order valence-corrected chi connectivity index (χ1v) is 11.8. The molecule has 10 nitrogen and oxygen atoms in total. The fourth-order valence-electron chi connectivity index (χ4n) is 5.38. The molecule has 1 amide bonds. The van der Waals surface area contributed by atoms with Gasteiger partial charge in [-0.05, 0) is 57.5 Å². The van der Waals surface area contributed by atoms with E-state index in [4.69, 9.17) is 10.2 Å². The van der Waals surface area contributed by atoms with Gasteiger partial charge in [0, 0.05) is 47.7 Å². The van der Waals surface area contributed by atoms with Crippen LogP contribution in [0.2, 0.25) is 0 Å². The molecule has 0 aliphatic carbocycles. The monoisotopic (exact) mass is 472 g/mol. The van der Waals surface area contributed by atoms with Crippen LogP contribution in [0.15, 0.2) is 53.5 Å². The molecule has 2 saturated heterocycles. The van der Waals surface area contributed by atoms with Gasteiger partial charge in [-0.1, -0.05) is 0 Å². The van der Waals surface area contributed by atoms with E-state index in [0.29, 0.717) is 34.8 Å². The molecule has 10 heteroatoms. The SMILES string of the molecule is CC(C)(C)N1C[C@@H]2C[C@H]1CN2c1ccc(Nc2ncc(-c3coc(C(N)=O)c3)n3ncnc23)cc1. The molecule has 0 unspecified atom stereocenters. The van der Waals surface area contributed by atoms with Crippen LogP contribution in [0.1, 0.15) is 37.7 Å². The molecular weight excluding hydrogens is 444 g/mol. The Balaban J connectivity index is 1.20. The third kappa shape index (κ3) is 3.70. The average Bonchev–Trinajstić information content (AvgIpc) is 3.62. The van der Waals surface area contributed by atoms with Crippen molar-refractivity contribution >= 4 is 28.7 Å². The number of carbonyl (C=O) groups excluding carboxylic acids is 1. The van der Waals surface area contributed by atoms with Gasteiger partial charge in [-0.3, -0.25) is 9.69 Å². The minimum atomic E-state index is -0.630. The van der Waals surface area contributed by atoms with Crippen molar-refractivity contribution in [3.05, 3.63) is 54.9 Å². The Morgan fingerprint density at radius 1 is 1.14 bits per heavy atom. The van der Waals surface area contributed by atoms with Crippen LogP contribution >= 0.6 is 0 Å². The van der Waals surface area contributed by atoms with E-state index in [1.165, 1.54) is 24.7 Å². The summed E-state index contributed by atoms with van der Waals surface area (Å²) in [6.45, 7) is 9.10. The normalized spacial score (nSPS) is 20.1. The zero-order valence-electron chi connectivity index (χ0n) is 20.0. The maximum atomic E-state index is 11.4. The van der Waals surface area contributed by atoms with Crippen LogP contribution in [-0.2, 0) is 0 Å². The molecule has 6 rings (SSSR count). The number of nitrogens with zero attached hydrogens (tertiary/aromatic N) is 6. The van der Waals surface area contributed by atoms with E-state index in [-0.39, 0.29) is 11.3 Å². The first-order valence-electron chi connectivity index (χ1n) is 11.8. The predicted octanol–water partition coefficient (Wildman–Crippen LogP) is 3.29. The van der Waals surface area contributed by atoms with Crippen molar-refractivity contribution in [3.8, 4) is 11.3 Å². The first kappa shape index (κ1) is 21.6. The number of hydrogen-bond donors (Lipinski definition) is 2. The van der Waals surface area contributed by atoms with E-state index in [1.807, 2.05) is 0 Å². The van der Waals surface area contributed by atoms with Crippen LogP contribution in [0.3, 0.4) is 0 Å². The fourth-order valence-corrected chi connectivity index (χ4v) is 5.38. The molecule has 2 aliphatic heterocycles. The molecule has 3 N–H and O–H groups in total. The maximum absolute atomic E-state index is 11.4. The number of hydrogen-bond acceptors (Lipinski definition) is 8. The van der Waals surface area contributed by atoms with E-state index in [9.17, 15) is 4.79 Å². The molecule has 35 heavy (non-hydrogen) atoms. The molecule has 4 aromatic rings. The number of piperazine rings is 1. The summed E-state index contributed by atoms with van der Waals surface area (Å²) < 4.78 is 6.89. The predicted molar refractivity (Wildman–Crippen MR) is 133 cm³/mol. The Hall–Kier alpha value is -3.92. The van der Waals surface area contributed by atoms with Gasteiger partial charge in [0.05, 0.1) is 11.9 Å². The van der Waals surface area contributed by atoms with Crippen molar-refractivity contribution in [1.82, 2.24) is 24.5 Å². The number of aromatic nitrogens is 4. The third-order valence-electron chi connectivity index (χ3n) is 7.01. The van der Waals surface area contributed by atoms with Gasteiger partial charge in [-0.25, -0.2) is 14.5 Å². The van der Waals surface area contributed by atoms with Crippen molar-refractivity contribution in [3.63, 3.8) is 0 Å². The highest BCUT2D eigenvalue weighted by Crippen LogP contribution is 2.38. The number of amides is 1. The number of nitrogens with one attached hydrogen (secondary N) is 1. The lowest BCUT2D eigenvalue weighted by molar-refractivity contribution is 0.0974. The lowest BCUT2D eigenvalue weighted by Crippen LogP contribution is -2.53. The molecular formula is C25H28N8O2. The summed E-state index contributed by atoms with van der Waals surface area (Å²) in [6, 6.07) is 11.2. The number of anilines is 3. The molecule has 2 atom stereocenters. The summed E-state index contributed by atoms with van der Waals surface area (Å²) in [5.41, 5.74) is 9.53. The summed E-state index contributed by atoms with van der Waals surface area (Å²) in [7, 11) is 0. The number of carbonyl (C=O) groups is 1. The molecule has 180 valence electrons. The zero-order valence-corrected chi connectivity index (χ0v) is 20.0. The maximum Gasteiger partial charge on any atom is 0.284 e. The number of fused-ring (bicyclic) bond motifs is 3. The van der Waals surface area contributed by atoms with Crippen LogP contribution in [0, 0.1) is 0 Å². The van der Waals surface area contributed by atoms with Gasteiger partial charge in [0.2, 0.25) is 0 Å². The van der Waals surface area contributed by atoms with Crippen LogP contribution in [0.4, 0.5) is 17.2 Å². The van der Waals surface area contributed by atoms with Crippen molar-refractivity contribution in [2.24, 2.45) is 5.73 Å². The molecule has 1 aromatic carbocycles. The summed E-state index contributed by atoms with van der Waals surface area (Å²) in [4.78, 5) is 25.5. The highest BCUT2D eigenvalue weighted by atomic mass is 16.3. The van der Waals surface area contributed by atoms with E-state index in [2.05, 4.69) is 75.2 Å². The van der Waals surface area contributed by atoms with E-state index >= 15 is 0 Å². The zero-order chi connectivity index (χ0) is 24.3. The number of rotatable bonds is 5. The van der Waals surface area contributed by atoms with E-state index < -0.39 is 5.91 Å². The number of furan rings is 1. The van der Waals surface area contributed by atoms with E-state index in [1.54, 1.807) is 16.8 Å². The van der Waals surface area contributed by atoms with Gasteiger partial charge in [0.25, 0.3) is 5.91 Å². The Kier molecular flexibility index (Phi) is 4.82. The first-order chi connectivity index (χ1) is 16.8. The Bertz CT molecular complexity index is 1400. The highest BCUT2D eigenvalue weighted by molar-refractivity contribution is 5.91. The molecule has 2 aliphatic rings. The number of primary amides is 1. The topological polar surface area (TPSA) is 118 Å². The lowest BCUT2D eigenvalue weighted by atomic mass is 10.0. The van der Waals surface area contributed by atoms with Crippen LogP contribution in [0.5, 0.6) is 0 Å². The number of nitrogens with two attached hydrogens (primary N) is 1. The Morgan fingerprint density at radius 2 is 1.94 bits per heavy atom. The molecule has 2 bridgehead atoms. The average molecular weight is 473 g/mol. The van der Waals surface area contributed by atoms with Gasteiger partial charge in [0.1, 0.15) is 12.6 Å². The van der Waals surface area contributed by atoms with Gasteiger partial charge < -0.3 is 20.4 Å². The second kappa shape index (κ2) is 7.81. The summed E-state index contributed by atoms with van der Waals surface area (Å²) in [5.74, 6) is 0.0284. The Morgan fingerprint density at radius 3 is 2.60 bits per heavy atom. The summed E-state index contributed by atoms with van der Waals surface area (Å²) >= 11 is 0. The van der Waals surface area contributed by atoms with Gasteiger partial charge in [-0.2, -0.15) is 5.10 Å². The number of benzene rings is 1. The summed E-state index contributed by atoms with van der Waals surface area (Å²) in [6.07, 6.45) is 5.81.